The summed E-state index contributed by atoms with van der Waals surface area (Å²) in [6.07, 6.45) is 1.52. The van der Waals surface area contributed by atoms with E-state index >= 15 is 0 Å². The predicted octanol–water partition coefficient (Wildman–Crippen LogP) is 1.25. The molecule has 1 amide bonds. The monoisotopic (exact) mass is 428 g/mol. The van der Waals surface area contributed by atoms with Crippen LogP contribution in [0.5, 0.6) is 0 Å². The van der Waals surface area contributed by atoms with Gasteiger partial charge >= 0.3 is 5.97 Å². The minimum atomic E-state index is -1.05. The van der Waals surface area contributed by atoms with Gasteiger partial charge in [-0.15, -0.1) is 0 Å². The number of carboxylic acids is 1. The lowest BCUT2D eigenvalue weighted by Crippen LogP contribution is -2.13. The Bertz CT molecular complexity index is 1260. The Kier molecular flexibility index (Phi) is 5.66. The van der Waals surface area contributed by atoms with E-state index in [4.69, 9.17) is 10.8 Å². The number of carboxylic acid groups (broad SMARTS) is 1. The van der Waals surface area contributed by atoms with Crippen LogP contribution in [-0.4, -0.2) is 51.7 Å². The van der Waals surface area contributed by atoms with Gasteiger partial charge in [0.05, 0.1) is 17.4 Å². The van der Waals surface area contributed by atoms with E-state index in [0.29, 0.717) is 34.7 Å². The summed E-state index contributed by atoms with van der Waals surface area (Å²) < 4.78 is 3.09. The zero-order valence-corrected chi connectivity index (χ0v) is 17.9. The molecule has 3 heterocycles. The Morgan fingerprint density at radius 1 is 1.23 bits per heavy atom. The molecule has 4 rings (SSSR count). The van der Waals surface area contributed by atoms with E-state index in [-0.39, 0.29) is 22.0 Å². The molecule has 30 heavy (non-hydrogen) atoms. The topological polar surface area (TPSA) is 158 Å². The number of nitrogens with one attached hydrogen (secondary N) is 1. The minimum absolute atomic E-state index is 0. The summed E-state index contributed by atoms with van der Waals surface area (Å²) in [5, 5.41) is 25.4. The zero-order chi connectivity index (χ0) is 20.7. The third-order valence-electron chi connectivity index (χ3n) is 4.50. The van der Waals surface area contributed by atoms with E-state index in [9.17, 15) is 9.59 Å². The van der Waals surface area contributed by atoms with E-state index in [1.54, 1.807) is 10.7 Å². The Labute approximate surface area is 173 Å². The van der Waals surface area contributed by atoms with Crippen molar-refractivity contribution >= 4 is 32.7 Å². The highest BCUT2D eigenvalue weighted by atomic mass is 31.0. The Balaban J connectivity index is 0.00000256. The second-order valence-electron chi connectivity index (χ2n) is 6.51. The molecule has 0 aliphatic heterocycles. The van der Waals surface area contributed by atoms with Crippen molar-refractivity contribution in [1.29, 1.82) is 0 Å². The normalized spacial score (nSPS) is 10.9. The Morgan fingerprint density at radius 3 is 2.67 bits per heavy atom. The average molecular weight is 428 g/mol. The number of aryl methyl sites for hydroxylation is 2. The van der Waals surface area contributed by atoms with Crippen LogP contribution in [-0.2, 0) is 17.9 Å². The molecule has 11 nitrogen and oxygen atoms in total. The number of fused-ring (bicyclic) bond motifs is 1. The number of carbonyl (C=O) groups excluding carboxylic acids is 1. The molecule has 4 N–H and O–H groups in total. The highest BCUT2D eigenvalue weighted by molar-refractivity contribution is 6.92. The second-order valence-corrected chi connectivity index (χ2v) is 6.51. The Hall–Kier alpha value is -3.59. The average Bonchev–Trinajstić information content (AvgIpc) is 3.38. The summed E-state index contributed by atoms with van der Waals surface area (Å²) in [5.74, 6) is -0.835. The quantitative estimate of drug-likeness (QED) is 0.390. The van der Waals surface area contributed by atoms with Crippen molar-refractivity contribution in [2.75, 3.05) is 0 Å². The first-order valence-electron chi connectivity index (χ1n) is 8.86. The molecular formula is C18H21N8O3P. The second kappa shape index (κ2) is 8.03. The van der Waals surface area contributed by atoms with E-state index in [0.717, 1.165) is 11.4 Å². The molecule has 0 aliphatic carbocycles. The zero-order valence-electron chi connectivity index (χ0n) is 16.5. The smallest absolute Gasteiger partial charge is 0.325 e. The molecule has 0 fully saturated rings. The standard InChI is InChI=1S/C18H18N8O3.H3P/c1-3-25-14(4-9(2)24-25)18-21-17(22-23-18)11-5-10(16(19)29)6-13-12(11)7-20-26(13)8-15(27)28;/h4-7H,3,8H2,1-2H3,(H2,19,29)(H,27,28)(H,21,22,23);1H3. The van der Waals surface area contributed by atoms with Gasteiger partial charge in [-0.3, -0.25) is 24.1 Å². The van der Waals surface area contributed by atoms with Crippen molar-refractivity contribution in [2.45, 2.75) is 26.9 Å². The number of rotatable bonds is 6. The summed E-state index contributed by atoms with van der Waals surface area (Å²) in [4.78, 5) is 27.5. The van der Waals surface area contributed by atoms with Gasteiger partial charge in [-0.2, -0.15) is 25.2 Å². The Morgan fingerprint density at radius 2 is 2.00 bits per heavy atom. The molecule has 0 saturated heterocycles. The van der Waals surface area contributed by atoms with Crippen LogP contribution in [0.4, 0.5) is 0 Å². The number of nitrogens with zero attached hydrogens (tertiary/aromatic N) is 6. The van der Waals surface area contributed by atoms with Gasteiger partial charge in [-0.05, 0) is 32.0 Å². The number of hydrogen-bond acceptors (Lipinski definition) is 6. The summed E-state index contributed by atoms with van der Waals surface area (Å²) in [6, 6.07) is 4.99. The van der Waals surface area contributed by atoms with Gasteiger partial charge in [0.25, 0.3) is 0 Å². The summed E-state index contributed by atoms with van der Waals surface area (Å²) in [6.45, 7) is 4.19. The van der Waals surface area contributed by atoms with Crippen LogP contribution < -0.4 is 5.73 Å². The van der Waals surface area contributed by atoms with Crippen molar-refractivity contribution in [1.82, 2.24) is 34.7 Å². The number of carbonyl (C=O) groups is 2. The van der Waals surface area contributed by atoms with Crippen molar-refractivity contribution in [3.63, 3.8) is 0 Å². The molecule has 0 saturated carbocycles. The summed E-state index contributed by atoms with van der Waals surface area (Å²) in [5.41, 5.74) is 8.29. The van der Waals surface area contributed by atoms with E-state index < -0.39 is 11.9 Å². The molecule has 0 spiro atoms. The van der Waals surface area contributed by atoms with Crippen molar-refractivity contribution < 1.29 is 14.7 Å². The van der Waals surface area contributed by atoms with Crippen LogP contribution in [0.15, 0.2) is 24.4 Å². The number of H-pyrrole nitrogens is 1. The van der Waals surface area contributed by atoms with E-state index in [1.165, 1.54) is 16.9 Å². The molecule has 4 aromatic rings. The van der Waals surface area contributed by atoms with Crippen molar-refractivity contribution in [3.8, 4) is 22.9 Å². The third-order valence-corrected chi connectivity index (χ3v) is 4.50. The first-order valence-corrected chi connectivity index (χ1v) is 8.86. The van der Waals surface area contributed by atoms with Gasteiger partial charge in [0.1, 0.15) is 12.2 Å². The fraction of sp³-hybridized carbons (Fsp3) is 0.222. The molecule has 1 unspecified atom stereocenters. The predicted molar refractivity (Wildman–Crippen MR) is 114 cm³/mol. The SMILES string of the molecule is CCn1nc(C)cc1-c1nc(-c2cc(C(N)=O)cc3c2cnn3CC(=O)O)n[nH]1.P. The van der Waals surface area contributed by atoms with Gasteiger partial charge in [0.2, 0.25) is 5.91 Å². The first kappa shape index (κ1) is 21.1. The number of aromatic amines is 1. The third kappa shape index (κ3) is 3.67. The van der Waals surface area contributed by atoms with E-state index in [2.05, 4.69) is 25.4 Å². The van der Waals surface area contributed by atoms with Crippen molar-refractivity contribution in [2.24, 2.45) is 5.73 Å². The van der Waals surface area contributed by atoms with Crippen LogP contribution in [0.2, 0.25) is 0 Å². The minimum Gasteiger partial charge on any atom is -0.480 e. The van der Waals surface area contributed by atoms with E-state index in [1.807, 2.05) is 19.9 Å². The number of benzene rings is 1. The number of aliphatic carboxylic acids is 1. The van der Waals surface area contributed by atoms with Gasteiger partial charge in [-0.1, -0.05) is 0 Å². The van der Waals surface area contributed by atoms with Gasteiger partial charge in [-0.25, -0.2) is 4.98 Å². The highest BCUT2D eigenvalue weighted by Crippen LogP contribution is 2.29. The molecule has 0 aliphatic rings. The molecule has 0 bridgehead atoms. The van der Waals surface area contributed by atoms with Crippen LogP contribution in [0.1, 0.15) is 23.0 Å². The van der Waals surface area contributed by atoms with Gasteiger partial charge in [0.15, 0.2) is 11.6 Å². The molecule has 12 heteroatoms. The number of hydrogen-bond donors (Lipinski definition) is 3. The van der Waals surface area contributed by atoms with Gasteiger partial charge < -0.3 is 10.8 Å². The highest BCUT2D eigenvalue weighted by Gasteiger charge is 2.19. The fourth-order valence-corrected chi connectivity index (χ4v) is 3.23. The molecule has 0 radical (unpaired) electrons. The summed E-state index contributed by atoms with van der Waals surface area (Å²) >= 11 is 0. The maximum atomic E-state index is 11.8. The lowest BCUT2D eigenvalue weighted by molar-refractivity contribution is -0.137. The number of nitrogens with two attached hydrogens (primary N) is 1. The maximum Gasteiger partial charge on any atom is 0.325 e. The first-order chi connectivity index (χ1) is 13.9. The largest absolute Gasteiger partial charge is 0.480 e. The maximum absolute atomic E-state index is 11.8. The van der Waals surface area contributed by atoms with Crippen molar-refractivity contribution in [3.05, 3.63) is 35.7 Å². The van der Waals surface area contributed by atoms with Gasteiger partial charge in [0, 0.05) is 23.1 Å². The van der Waals surface area contributed by atoms with Crippen LogP contribution >= 0.6 is 9.90 Å². The summed E-state index contributed by atoms with van der Waals surface area (Å²) in [7, 11) is 0. The molecule has 1 atom stereocenters. The number of primary amides is 1. The van der Waals surface area contributed by atoms with Crippen LogP contribution in [0.3, 0.4) is 0 Å². The van der Waals surface area contributed by atoms with Crippen LogP contribution in [0, 0.1) is 6.92 Å². The molecule has 1 aromatic carbocycles. The molecule has 3 aromatic heterocycles. The lowest BCUT2D eigenvalue weighted by atomic mass is 10.0. The number of amides is 1. The lowest BCUT2D eigenvalue weighted by Gasteiger charge is -2.05. The fourth-order valence-electron chi connectivity index (χ4n) is 3.23. The molecule has 156 valence electrons. The van der Waals surface area contributed by atoms with Crippen LogP contribution in [0.25, 0.3) is 33.8 Å². The number of aromatic nitrogens is 7. The molecular weight excluding hydrogens is 407 g/mol.